The maximum Gasteiger partial charge on any atom is 0.278 e. The highest BCUT2D eigenvalue weighted by Crippen LogP contribution is 2.44. The van der Waals surface area contributed by atoms with E-state index in [1.54, 1.807) is 6.20 Å². The topological polar surface area (TPSA) is 95.0 Å². The number of nitrogens with one attached hydrogen (secondary N) is 1. The van der Waals surface area contributed by atoms with E-state index in [4.69, 9.17) is 0 Å². The molecule has 2 fully saturated rings. The minimum atomic E-state index is -0.272. The Bertz CT molecular complexity index is 727. The monoisotopic (exact) mass is 287 g/mol. The lowest BCUT2D eigenvalue weighted by atomic mass is 9.92. The van der Waals surface area contributed by atoms with Crippen molar-refractivity contribution in [3.8, 4) is 0 Å². The number of aromatic nitrogens is 4. The van der Waals surface area contributed by atoms with Crippen LogP contribution in [-0.4, -0.2) is 44.7 Å². The normalized spacial score (nSPS) is 25.7. The Kier molecular flexibility index (Phi) is 2.88. The standard InChI is InChI=1S/C14H17N5O2/c20-6-9-4-19(5-10(9)8-1-2-8)11-3-15-13-12(18-11)14(21)17-7-16-13/h3,7-10,20H,1-2,4-6H2,(H,15,16,17,21)/t9-,10-/m0/s1. The predicted octanol–water partition coefficient (Wildman–Crippen LogP) is 0.168. The summed E-state index contributed by atoms with van der Waals surface area (Å²) < 4.78 is 0. The number of hydrogen-bond acceptors (Lipinski definition) is 6. The molecule has 2 aliphatic rings. The molecule has 7 nitrogen and oxygen atoms in total. The summed E-state index contributed by atoms with van der Waals surface area (Å²) >= 11 is 0. The summed E-state index contributed by atoms with van der Waals surface area (Å²) in [6, 6.07) is 0. The van der Waals surface area contributed by atoms with Crippen LogP contribution < -0.4 is 10.5 Å². The van der Waals surface area contributed by atoms with Crippen LogP contribution in [0.3, 0.4) is 0 Å². The van der Waals surface area contributed by atoms with E-state index in [9.17, 15) is 9.90 Å². The summed E-state index contributed by atoms with van der Waals surface area (Å²) in [5, 5.41) is 9.57. The molecule has 0 bridgehead atoms. The Labute approximate surface area is 121 Å². The number of hydrogen-bond donors (Lipinski definition) is 2. The molecule has 1 saturated heterocycles. The predicted molar refractivity (Wildman–Crippen MR) is 77.0 cm³/mol. The number of fused-ring (bicyclic) bond motifs is 1. The van der Waals surface area contributed by atoms with Gasteiger partial charge in [-0.2, -0.15) is 0 Å². The second kappa shape index (κ2) is 4.77. The Morgan fingerprint density at radius 2 is 2.19 bits per heavy atom. The number of rotatable bonds is 3. The summed E-state index contributed by atoms with van der Waals surface area (Å²) in [6.07, 6.45) is 5.53. The lowest BCUT2D eigenvalue weighted by Gasteiger charge is -2.16. The largest absolute Gasteiger partial charge is 0.396 e. The molecule has 3 heterocycles. The number of aromatic amines is 1. The van der Waals surface area contributed by atoms with Crippen LogP contribution >= 0.6 is 0 Å². The summed E-state index contributed by atoms with van der Waals surface area (Å²) in [4.78, 5) is 29.1. The van der Waals surface area contributed by atoms with Crippen LogP contribution in [0.25, 0.3) is 11.2 Å². The van der Waals surface area contributed by atoms with Crippen molar-refractivity contribution in [3.63, 3.8) is 0 Å². The molecule has 21 heavy (non-hydrogen) atoms. The molecule has 0 spiro atoms. The quantitative estimate of drug-likeness (QED) is 0.835. The summed E-state index contributed by atoms with van der Waals surface area (Å²) in [6.45, 7) is 1.87. The van der Waals surface area contributed by atoms with Crippen LogP contribution in [0.2, 0.25) is 0 Å². The molecule has 7 heteroatoms. The number of nitrogens with zero attached hydrogens (tertiary/aromatic N) is 4. The summed E-state index contributed by atoms with van der Waals surface area (Å²) in [7, 11) is 0. The van der Waals surface area contributed by atoms with E-state index in [2.05, 4.69) is 24.8 Å². The molecule has 2 N–H and O–H groups in total. The second-order valence-corrected chi connectivity index (χ2v) is 5.98. The average Bonchev–Trinajstić information content (AvgIpc) is 3.26. The van der Waals surface area contributed by atoms with Crippen molar-refractivity contribution < 1.29 is 5.11 Å². The minimum absolute atomic E-state index is 0.209. The molecule has 0 unspecified atom stereocenters. The van der Waals surface area contributed by atoms with Gasteiger partial charge in [0.1, 0.15) is 5.82 Å². The minimum Gasteiger partial charge on any atom is -0.396 e. The van der Waals surface area contributed by atoms with Gasteiger partial charge in [-0.1, -0.05) is 0 Å². The van der Waals surface area contributed by atoms with Crippen LogP contribution in [0.1, 0.15) is 12.8 Å². The summed E-state index contributed by atoms with van der Waals surface area (Å²) in [5.74, 6) is 2.26. The first kappa shape index (κ1) is 12.7. The highest BCUT2D eigenvalue weighted by molar-refractivity contribution is 5.69. The van der Waals surface area contributed by atoms with E-state index in [1.165, 1.54) is 19.2 Å². The fourth-order valence-corrected chi connectivity index (χ4v) is 3.33. The SMILES string of the molecule is O=c1[nH]cnc2ncc(N3C[C@@H](CO)[C@H](C4CC4)C3)nc12. The molecule has 0 aromatic carbocycles. The Morgan fingerprint density at radius 3 is 2.95 bits per heavy atom. The van der Waals surface area contributed by atoms with Crippen molar-refractivity contribution in [2.45, 2.75) is 12.8 Å². The first-order chi connectivity index (χ1) is 10.3. The van der Waals surface area contributed by atoms with Gasteiger partial charge in [0.15, 0.2) is 11.2 Å². The van der Waals surface area contributed by atoms with E-state index < -0.39 is 0 Å². The maximum atomic E-state index is 11.8. The third-order valence-electron chi connectivity index (χ3n) is 4.62. The summed E-state index contributed by atoms with van der Waals surface area (Å²) in [5.41, 5.74) is 0.357. The van der Waals surface area contributed by atoms with Crippen LogP contribution in [0.15, 0.2) is 17.3 Å². The highest BCUT2D eigenvalue weighted by Gasteiger charge is 2.42. The Balaban J connectivity index is 1.67. The molecule has 1 saturated carbocycles. The van der Waals surface area contributed by atoms with E-state index in [1.807, 2.05) is 0 Å². The van der Waals surface area contributed by atoms with Crippen LogP contribution in [0, 0.1) is 17.8 Å². The van der Waals surface area contributed by atoms with E-state index >= 15 is 0 Å². The molecule has 2 aromatic rings. The maximum absolute atomic E-state index is 11.8. The zero-order valence-electron chi connectivity index (χ0n) is 11.6. The molecular weight excluding hydrogens is 270 g/mol. The number of aliphatic hydroxyl groups is 1. The molecule has 1 aliphatic carbocycles. The molecule has 110 valence electrons. The van der Waals surface area contributed by atoms with Gasteiger partial charge >= 0.3 is 0 Å². The van der Waals surface area contributed by atoms with Gasteiger partial charge in [-0.25, -0.2) is 15.0 Å². The first-order valence-electron chi connectivity index (χ1n) is 7.32. The molecule has 0 amide bonds. The molecular formula is C14H17N5O2. The number of aliphatic hydroxyl groups excluding tert-OH is 1. The van der Waals surface area contributed by atoms with Crippen molar-refractivity contribution in [2.75, 3.05) is 24.6 Å². The molecule has 0 radical (unpaired) electrons. The zero-order valence-corrected chi connectivity index (χ0v) is 11.6. The van der Waals surface area contributed by atoms with E-state index in [0.717, 1.165) is 19.0 Å². The third kappa shape index (κ3) is 2.17. The fraction of sp³-hybridized carbons (Fsp3) is 0.571. The van der Waals surface area contributed by atoms with Gasteiger partial charge < -0.3 is 15.0 Å². The van der Waals surface area contributed by atoms with Gasteiger partial charge in [-0.15, -0.1) is 0 Å². The number of H-pyrrole nitrogens is 1. The van der Waals surface area contributed by atoms with Crippen LogP contribution in [0.4, 0.5) is 5.82 Å². The van der Waals surface area contributed by atoms with Crippen LogP contribution in [-0.2, 0) is 0 Å². The van der Waals surface area contributed by atoms with Gasteiger partial charge in [0.25, 0.3) is 5.56 Å². The van der Waals surface area contributed by atoms with Crippen LogP contribution in [0.5, 0.6) is 0 Å². The van der Waals surface area contributed by atoms with E-state index in [-0.39, 0.29) is 17.7 Å². The van der Waals surface area contributed by atoms with Crippen molar-refractivity contribution >= 4 is 17.0 Å². The molecule has 4 rings (SSSR count). The van der Waals surface area contributed by atoms with Crippen molar-refractivity contribution in [2.24, 2.45) is 17.8 Å². The van der Waals surface area contributed by atoms with Gasteiger partial charge in [0.2, 0.25) is 0 Å². The smallest absolute Gasteiger partial charge is 0.278 e. The second-order valence-electron chi connectivity index (χ2n) is 5.98. The first-order valence-corrected chi connectivity index (χ1v) is 7.32. The van der Waals surface area contributed by atoms with Gasteiger partial charge in [-0.05, 0) is 24.7 Å². The highest BCUT2D eigenvalue weighted by atomic mass is 16.3. The van der Waals surface area contributed by atoms with Gasteiger partial charge in [-0.3, -0.25) is 4.79 Å². The van der Waals surface area contributed by atoms with Crippen molar-refractivity contribution in [3.05, 3.63) is 22.9 Å². The van der Waals surface area contributed by atoms with Gasteiger partial charge in [0, 0.05) is 25.6 Å². The molecule has 1 aliphatic heterocycles. The van der Waals surface area contributed by atoms with E-state index in [0.29, 0.717) is 23.3 Å². The van der Waals surface area contributed by atoms with Crippen molar-refractivity contribution in [1.29, 1.82) is 0 Å². The zero-order chi connectivity index (χ0) is 14.4. The third-order valence-corrected chi connectivity index (χ3v) is 4.62. The average molecular weight is 287 g/mol. The lowest BCUT2D eigenvalue weighted by molar-refractivity contribution is 0.196. The molecule has 2 aromatic heterocycles. The van der Waals surface area contributed by atoms with Gasteiger partial charge in [0.05, 0.1) is 12.5 Å². The van der Waals surface area contributed by atoms with Crippen molar-refractivity contribution in [1.82, 2.24) is 19.9 Å². The molecule has 2 atom stereocenters. The Hall–Kier alpha value is -2.02. The lowest BCUT2D eigenvalue weighted by Crippen LogP contribution is -2.23. The Morgan fingerprint density at radius 1 is 1.33 bits per heavy atom. The number of anilines is 1. The fourth-order valence-electron chi connectivity index (χ4n) is 3.33.